The average Bonchev–Trinajstić information content (AvgIpc) is 3.53. The molecule has 5 rings (SSSR count). The molecule has 0 N–H and O–H groups in total. The molecule has 1 fully saturated rings. The third-order valence-corrected chi connectivity index (χ3v) is 5.85. The van der Waals surface area contributed by atoms with E-state index < -0.39 is 0 Å². The number of pyridine rings is 2. The van der Waals surface area contributed by atoms with Gasteiger partial charge in [0.05, 0.1) is 41.6 Å². The molecule has 2 aliphatic rings. The topological polar surface area (TPSA) is 115 Å². The zero-order chi connectivity index (χ0) is 21.4. The quantitative estimate of drug-likeness (QED) is 0.602. The summed E-state index contributed by atoms with van der Waals surface area (Å²) in [5.74, 6) is -0.129. The lowest BCUT2D eigenvalue weighted by Crippen LogP contribution is -2.37. The number of likely N-dealkylation sites (tertiary alicyclic amines) is 1. The van der Waals surface area contributed by atoms with Crippen LogP contribution in [0.5, 0.6) is 0 Å². The first-order chi connectivity index (χ1) is 15.2. The largest absolute Gasteiger partial charge is 0.328 e. The van der Waals surface area contributed by atoms with E-state index in [2.05, 4.69) is 27.3 Å². The number of nitriles is 2. The van der Waals surface area contributed by atoms with E-state index in [1.54, 1.807) is 29.4 Å². The molecule has 0 saturated carbocycles. The number of amides is 1. The van der Waals surface area contributed by atoms with Crippen molar-refractivity contribution in [1.29, 1.82) is 10.5 Å². The Bertz CT molecular complexity index is 1220. The number of nitrogens with zero attached hydrogens (tertiary/aromatic N) is 8. The van der Waals surface area contributed by atoms with Crippen molar-refractivity contribution in [1.82, 2.24) is 29.5 Å². The van der Waals surface area contributed by atoms with Crippen molar-refractivity contribution < 1.29 is 4.79 Å². The van der Waals surface area contributed by atoms with Gasteiger partial charge in [-0.2, -0.15) is 15.6 Å². The summed E-state index contributed by atoms with van der Waals surface area (Å²) in [6.45, 7) is 1.58. The Morgan fingerprint density at radius 3 is 2.84 bits per heavy atom. The van der Waals surface area contributed by atoms with E-state index in [-0.39, 0.29) is 18.0 Å². The van der Waals surface area contributed by atoms with Crippen LogP contribution in [0, 0.1) is 22.8 Å². The fourth-order valence-corrected chi connectivity index (χ4v) is 4.31. The lowest BCUT2D eigenvalue weighted by atomic mass is 10.1. The first-order valence-corrected chi connectivity index (χ1v) is 9.97. The summed E-state index contributed by atoms with van der Waals surface area (Å²) in [6, 6.07) is 10.9. The van der Waals surface area contributed by atoms with Gasteiger partial charge in [0.15, 0.2) is 6.19 Å². The second-order valence-corrected chi connectivity index (χ2v) is 7.70. The van der Waals surface area contributed by atoms with E-state index >= 15 is 0 Å². The number of hydrogen-bond acceptors (Lipinski definition) is 7. The first-order valence-electron chi connectivity index (χ1n) is 9.97. The maximum Gasteiger partial charge on any atom is 0.273 e. The lowest BCUT2D eigenvalue weighted by Gasteiger charge is -2.22. The number of carbonyl (C=O) groups is 1. The summed E-state index contributed by atoms with van der Waals surface area (Å²) in [5, 5.41) is 22.9. The second kappa shape index (κ2) is 7.54. The van der Waals surface area contributed by atoms with Gasteiger partial charge in [0.2, 0.25) is 0 Å². The first kappa shape index (κ1) is 18.8. The predicted octanol–water partition coefficient (Wildman–Crippen LogP) is 1.79. The number of carbonyl (C=O) groups excluding carboxylic acids is 1. The van der Waals surface area contributed by atoms with Crippen molar-refractivity contribution >= 4 is 5.91 Å². The van der Waals surface area contributed by atoms with E-state index in [1.807, 2.05) is 34.0 Å². The van der Waals surface area contributed by atoms with E-state index in [1.165, 1.54) is 0 Å². The number of fused-ring (bicyclic) bond motifs is 1. The Labute approximate surface area is 178 Å². The van der Waals surface area contributed by atoms with Gasteiger partial charge < -0.3 is 9.80 Å². The van der Waals surface area contributed by atoms with Gasteiger partial charge in [0.1, 0.15) is 5.69 Å². The highest BCUT2D eigenvalue weighted by Gasteiger charge is 2.41. The number of rotatable bonds is 4. The Morgan fingerprint density at radius 2 is 2.06 bits per heavy atom. The highest BCUT2D eigenvalue weighted by atomic mass is 16.2. The maximum atomic E-state index is 13.2. The van der Waals surface area contributed by atoms with Crippen molar-refractivity contribution in [3.8, 4) is 23.7 Å². The van der Waals surface area contributed by atoms with Crippen molar-refractivity contribution in [2.45, 2.75) is 31.6 Å². The Kier molecular flexibility index (Phi) is 4.57. The maximum absolute atomic E-state index is 13.2. The molecular formula is C22H18N8O. The minimum atomic E-state index is -0.129. The highest BCUT2D eigenvalue weighted by Crippen LogP contribution is 2.31. The lowest BCUT2D eigenvalue weighted by molar-refractivity contribution is 0.0707. The van der Waals surface area contributed by atoms with Gasteiger partial charge in [0.25, 0.3) is 5.91 Å². The number of hydrogen-bond donors (Lipinski definition) is 0. The molecule has 1 amide bonds. The van der Waals surface area contributed by atoms with Crippen molar-refractivity contribution in [2.24, 2.45) is 0 Å². The Hall–Kier alpha value is -4.24. The van der Waals surface area contributed by atoms with E-state index in [0.717, 1.165) is 5.56 Å². The van der Waals surface area contributed by atoms with Crippen LogP contribution in [0.2, 0.25) is 0 Å². The molecule has 0 spiro atoms. The van der Waals surface area contributed by atoms with Crippen LogP contribution in [0.3, 0.4) is 0 Å². The summed E-state index contributed by atoms with van der Waals surface area (Å²) in [5.41, 5.74) is 2.90. The zero-order valence-electron chi connectivity index (χ0n) is 16.6. The van der Waals surface area contributed by atoms with Gasteiger partial charge in [-0.3, -0.25) is 14.5 Å². The Balaban J connectivity index is 1.36. The van der Waals surface area contributed by atoms with Gasteiger partial charge in [-0.1, -0.05) is 6.07 Å². The molecule has 0 unspecified atom stereocenters. The van der Waals surface area contributed by atoms with Crippen LogP contribution in [0.4, 0.5) is 0 Å². The van der Waals surface area contributed by atoms with Crippen LogP contribution in [-0.2, 0) is 13.1 Å². The molecule has 9 nitrogen and oxygen atoms in total. The van der Waals surface area contributed by atoms with Gasteiger partial charge in [0, 0.05) is 37.2 Å². The molecule has 3 aromatic rings. The zero-order valence-corrected chi connectivity index (χ0v) is 16.6. The van der Waals surface area contributed by atoms with Crippen molar-refractivity contribution in [2.75, 3.05) is 6.54 Å². The third-order valence-electron chi connectivity index (χ3n) is 5.85. The molecule has 2 aliphatic heterocycles. The summed E-state index contributed by atoms with van der Waals surface area (Å²) >= 11 is 0. The fraction of sp³-hybridized carbons (Fsp3) is 0.273. The van der Waals surface area contributed by atoms with Gasteiger partial charge in [-0.15, -0.1) is 0 Å². The van der Waals surface area contributed by atoms with E-state index in [0.29, 0.717) is 48.7 Å². The molecule has 2 atom stereocenters. The SMILES string of the molecule is N#Cc1ccnc(-c2ccc3c(n2)C(=O)N([C@@H]2C[C@@H](Cn4cccn4)N(C#N)C2)C3)c1. The average molecular weight is 410 g/mol. The second-order valence-electron chi connectivity index (χ2n) is 7.70. The molecule has 3 aromatic heterocycles. The van der Waals surface area contributed by atoms with Crippen LogP contribution in [0.1, 0.15) is 28.0 Å². The summed E-state index contributed by atoms with van der Waals surface area (Å²) in [6.07, 6.45) is 8.11. The predicted molar refractivity (Wildman–Crippen MR) is 109 cm³/mol. The van der Waals surface area contributed by atoms with Gasteiger partial charge >= 0.3 is 0 Å². The van der Waals surface area contributed by atoms with Crippen LogP contribution in [-0.4, -0.2) is 54.1 Å². The minimum Gasteiger partial charge on any atom is -0.328 e. The van der Waals surface area contributed by atoms with Gasteiger partial charge in [-0.25, -0.2) is 4.98 Å². The van der Waals surface area contributed by atoms with Gasteiger partial charge in [-0.05, 0) is 30.7 Å². The summed E-state index contributed by atoms with van der Waals surface area (Å²) in [4.78, 5) is 25.6. The standard InChI is InChI=1S/C22H18N8O/c23-10-15-4-6-25-20(8-15)19-3-2-16-11-30(22(31)21(16)27-19)18-9-17(28(12-18)14-24)13-29-7-1-5-26-29/h1-8,17-18H,9,11-13H2/t17-,18+/m0/s1. The van der Waals surface area contributed by atoms with Crippen molar-refractivity contribution in [3.63, 3.8) is 0 Å². The molecule has 0 aromatic carbocycles. The molecule has 152 valence electrons. The monoisotopic (exact) mass is 410 g/mol. The normalized spacial score (nSPS) is 19.9. The third kappa shape index (κ3) is 3.36. The van der Waals surface area contributed by atoms with Crippen LogP contribution in [0.25, 0.3) is 11.4 Å². The van der Waals surface area contributed by atoms with E-state index in [9.17, 15) is 10.1 Å². The van der Waals surface area contributed by atoms with E-state index in [4.69, 9.17) is 5.26 Å². The highest BCUT2D eigenvalue weighted by molar-refractivity contribution is 5.97. The minimum absolute atomic E-state index is 0.00662. The summed E-state index contributed by atoms with van der Waals surface area (Å²) in [7, 11) is 0. The van der Waals surface area contributed by atoms with Crippen LogP contribution < -0.4 is 0 Å². The summed E-state index contributed by atoms with van der Waals surface area (Å²) < 4.78 is 1.81. The molecule has 31 heavy (non-hydrogen) atoms. The molecule has 0 bridgehead atoms. The van der Waals surface area contributed by atoms with Crippen molar-refractivity contribution in [3.05, 3.63) is 65.7 Å². The molecule has 5 heterocycles. The number of aromatic nitrogens is 4. The molecule has 9 heteroatoms. The molecule has 0 radical (unpaired) electrons. The van der Waals surface area contributed by atoms with Crippen LogP contribution in [0.15, 0.2) is 48.9 Å². The molecule has 1 saturated heterocycles. The van der Waals surface area contributed by atoms with Crippen LogP contribution >= 0.6 is 0 Å². The molecular weight excluding hydrogens is 392 g/mol. The Morgan fingerprint density at radius 1 is 1.16 bits per heavy atom. The smallest absolute Gasteiger partial charge is 0.273 e. The fourth-order valence-electron chi connectivity index (χ4n) is 4.31. The molecule has 0 aliphatic carbocycles.